The van der Waals surface area contributed by atoms with Gasteiger partial charge in [-0.05, 0) is 42.0 Å². The number of hydrogen-bond donors (Lipinski definition) is 0. The highest BCUT2D eigenvalue weighted by molar-refractivity contribution is 6.15. The lowest BCUT2D eigenvalue weighted by molar-refractivity contribution is -0.135. The number of carbonyl (C=O) groups is 3. The number of Topliss-reactive ketones (excluding diaryl/α,β-unsaturated/α-hetero) is 1. The third-order valence-electron chi connectivity index (χ3n) is 6.22. The predicted octanol–water partition coefficient (Wildman–Crippen LogP) is 4.55. The average Bonchev–Trinajstić information content (AvgIpc) is 3.22. The van der Waals surface area contributed by atoms with Crippen molar-refractivity contribution in [3.63, 3.8) is 0 Å². The van der Waals surface area contributed by atoms with E-state index in [9.17, 15) is 14.4 Å². The fraction of sp³-hybridized carbons (Fsp3) is 0.179. The minimum atomic E-state index is -0.479. The summed E-state index contributed by atoms with van der Waals surface area (Å²) in [5.41, 5.74) is 2.75. The van der Waals surface area contributed by atoms with E-state index >= 15 is 0 Å². The van der Waals surface area contributed by atoms with E-state index in [1.165, 1.54) is 14.2 Å². The van der Waals surface area contributed by atoms with Gasteiger partial charge in [-0.1, -0.05) is 24.3 Å². The van der Waals surface area contributed by atoms with Crippen molar-refractivity contribution in [2.75, 3.05) is 21.3 Å². The van der Waals surface area contributed by atoms with Gasteiger partial charge in [-0.25, -0.2) is 4.79 Å². The number of methoxy groups -OCH3 is 3. The van der Waals surface area contributed by atoms with E-state index in [2.05, 4.69) is 0 Å². The maximum absolute atomic E-state index is 13.2. The Kier molecular flexibility index (Phi) is 5.93. The highest BCUT2D eigenvalue weighted by atomic mass is 16.5. The number of ketones is 1. The Bertz CT molecular complexity index is 1420. The highest BCUT2D eigenvalue weighted by Crippen LogP contribution is 2.51. The Balaban J connectivity index is 1.58. The molecule has 3 aromatic rings. The number of carbonyl (C=O) groups excluding carboxylic acids is 3. The fourth-order valence-electron chi connectivity index (χ4n) is 4.54. The van der Waals surface area contributed by atoms with Gasteiger partial charge >= 0.3 is 11.9 Å². The molecule has 36 heavy (non-hydrogen) atoms. The molecule has 5 rings (SSSR count). The van der Waals surface area contributed by atoms with Crippen molar-refractivity contribution >= 4 is 23.8 Å². The van der Waals surface area contributed by atoms with Crippen molar-refractivity contribution in [2.45, 2.75) is 12.3 Å². The molecule has 182 valence electrons. The normalized spacial score (nSPS) is 17.1. The van der Waals surface area contributed by atoms with E-state index in [0.717, 1.165) is 5.56 Å². The Morgan fingerprint density at radius 3 is 2.42 bits per heavy atom. The van der Waals surface area contributed by atoms with Crippen molar-refractivity contribution in [3.8, 4) is 23.0 Å². The van der Waals surface area contributed by atoms with Crippen LogP contribution < -0.4 is 18.9 Å². The number of rotatable bonds is 5. The van der Waals surface area contributed by atoms with Gasteiger partial charge in [0.15, 0.2) is 17.3 Å². The van der Waals surface area contributed by atoms with Gasteiger partial charge in [-0.3, -0.25) is 9.59 Å². The molecule has 2 heterocycles. The quantitative estimate of drug-likeness (QED) is 0.294. The van der Waals surface area contributed by atoms with Crippen LogP contribution in [0.4, 0.5) is 0 Å². The monoisotopic (exact) mass is 486 g/mol. The second-order valence-electron chi connectivity index (χ2n) is 8.22. The van der Waals surface area contributed by atoms with Gasteiger partial charge in [0.2, 0.25) is 5.78 Å². The van der Waals surface area contributed by atoms with Gasteiger partial charge in [-0.2, -0.15) is 0 Å². The van der Waals surface area contributed by atoms with Crippen LogP contribution in [0.1, 0.15) is 49.7 Å². The maximum Gasteiger partial charge on any atom is 0.337 e. The zero-order chi connectivity index (χ0) is 25.4. The number of benzene rings is 3. The molecular weight excluding hydrogens is 464 g/mol. The number of para-hydroxylation sites is 1. The molecule has 0 saturated heterocycles. The fourth-order valence-corrected chi connectivity index (χ4v) is 4.54. The maximum atomic E-state index is 13.2. The molecule has 1 atom stereocenters. The molecular formula is C28H22O8. The molecule has 0 N–H and O–H groups in total. The van der Waals surface area contributed by atoms with Gasteiger partial charge in [0.05, 0.1) is 38.9 Å². The summed E-state index contributed by atoms with van der Waals surface area (Å²) in [6.07, 6.45) is 1.64. The molecule has 0 saturated carbocycles. The van der Waals surface area contributed by atoms with Crippen LogP contribution in [0, 0.1) is 0 Å². The lowest BCUT2D eigenvalue weighted by Gasteiger charge is -2.27. The van der Waals surface area contributed by atoms with E-state index in [-0.39, 0.29) is 18.0 Å². The molecule has 8 nitrogen and oxygen atoms in total. The standard InChI is InChI=1S/C28H22O8/c1-32-21-6-4-5-17(26(21)33-2)19-14-23(29)35-20-12-11-18-25(30)22(36-27(18)24(19)20)13-15-7-9-16(10-8-15)28(31)34-3/h4-13,19H,14H2,1-3H3/b22-13-. The van der Waals surface area contributed by atoms with Crippen molar-refractivity contribution in [3.05, 3.63) is 88.2 Å². The van der Waals surface area contributed by atoms with Crippen molar-refractivity contribution in [1.82, 2.24) is 0 Å². The van der Waals surface area contributed by atoms with Crippen LogP contribution in [0.15, 0.2) is 60.4 Å². The Morgan fingerprint density at radius 2 is 1.72 bits per heavy atom. The summed E-state index contributed by atoms with van der Waals surface area (Å²) in [4.78, 5) is 37.4. The summed E-state index contributed by atoms with van der Waals surface area (Å²) in [6.45, 7) is 0. The first-order chi connectivity index (χ1) is 17.4. The summed E-state index contributed by atoms with van der Waals surface area (Å²) in [5, 5.41) is 0. The highest BCUT2D eigenvalue weighted by Gasteiger charge is 2.39. The smallest absolute Gasteiger partial charge is 0.337 e. The minimum Gasteiger partial charge on any atom is -0.493 e. The van der Waals surface area contributed by atoms with Crippen LogP contribution >= 0.6 is 0 Å². The molecule has 0 amide bonds. The van der Waals surface area contributed by atoms with Crippen LogP contribution in [-0.2, 0) is 9.53 Å². The zero-order valence-corrected chi connectivity index (χ0v) is 19.8. The molecule has 2 aliphatic heterocycles. The van der Waals surface area contributed by atoms with E-state index in [1.807, 2.05) is 12.1 Å². The summed E-state index contributed by atoms with van der Waals surface area (Å²) >= 11 is 0. The largest absolute Gasteiger partial charge is 0.493 e. The molecule has 0 radical (unpaired) electrons. The van der Waals surface area contributed by atoms with Crippen molar-refractivity contribution < 1.29 is 38.1 Å². The Hall–Kier alpha value is -4.59. The van der Waals surface area contributed by atoms with Gasteiger partial charge < -0.3 is 23.7 Å². The van der Waals surface area contributed by atoms with E-state index in [4.69, 9.17) is 23.7 Å². The summed E-state index contributed by atoms with van der Waals surface area (Å²) in [6, 6.07) is 15.2. The van der Waals surface area contributed by atoms with E-state index in [1.54, 1.807) is 55.7 Å². The second-order valence-corrected chi connectivity index (χ2v) is 8.22. The number of esters is 2. The van der Waals surface area contributed by atoms with E-state index in [0.29, 0.717) is 45.3 Å². The number of allylic oxidation sites excluding steroid dienone is 1. The van der Waals surface area contributed by atoms with Crippen molar-refractivity contribution in [2.24, 2.45) is 0 Å². The van der Waals surface area contributed by atoms with Crippen LogP contribution in [0.2, 0.25) is 0 Å². The first kappa shape index (κ1) is 23.2. The van der Waals surface area contributed by atoms with Gasteiger partial charge in [0.25, 0.3) is 0 Å². The Labute approximate surface area is 207 Å². The summed E-state index contributed by atoms with van der Waals surface area (Å²) in [5.74, 6) is 0.195. The molecule has 0 spiro atoms. The molecule has 8 heteroatoms. The second kappa shape index (κ2) is 9.22. The topological polar surface area (TPSA) is 97.4 Å². The number of ether oxygens (including phenoxy) is 5. The van der Waals surface area contributed by atoms with Crippen LogP contribution in [-0.4, -0.2) is 39.1 Å². The van der Waals surface area contributed by atoms with Gasteiger partial charge in [-0.15, -0.1) is 0 Å². The number of fused-ring (bicyclic) bond motifs is 3. The van der Waals surface area contributed by atoms with Gasteiger partial charge in [0, 0.05) is 17.0 Å². The molecule has 0 bridgehead atoms. The minimum absolute atomic E-state index is 0.0402. The first-order valence-electron chi connectivity index (χ1n) is 11.2. The molecule has 2 aliphatic rings. The first-order valence-corrected chi connectivity index (χ1v) is 11.2. The third kappa shape index (κ3) is 3.86. The number of hydrogen-bond acceptors (Lipinski definition) is 8. The molecule has 0 aromatic heterocycles. The van der Waals surface area contributed by atoms with Crippen molar-refractivity contribution in [1.29, 1.82) is 0 Å². The van der Waals surface area contributed by atoms with Crippen LogP contribution in [0.25, 0.3) is 6.08 Å². The van der Waals surface area contributed by atoms with E-state index < -0.39 is 17.9 Å². The lowest BCUT2D eigenvalue weighted by Crippen LogP contribution is -2.22. The van der Waals surface area contributed by atoms with Gasteiger partial charge in [0.1, 0.15) is 11.5 Å². The zero-order valence-electron chi connectivity index (χ0n) is 19.8. The van der Waals surface area contributed by atoms with Crippen LogP contribution in [0.5, 0.6) is 23.0 Å². The SMILES string of the molecule is COC(=O)c1ccc(/C=C2\Oc3c(ccc4c3C(c3cccc(OC)c3OC)CC(=O)O4)C2=O)cc1. The summed E-state index contributed by atoms with van der Waals surface area (Å²) in [7, 11) is 4.39. The molecule has 1 unspecified atom stereocenters. The molecule has 3 aromatic carbocycles. The summed E-state index contributed by atoms with van der Waals surface area (Å²) < 4.78 is 27.4. The average molecular weight is 486 g/mol. The molecule has 0 aliphatic carbocycles. The predicted molar refractivity (Wildman–Crippen MR) is 129 cm³/mol. The lowest BCUT2D eigenvalue weighted by atomic mass is 9.84. The molecule has 0 fully saturated rings. The Morgan fingerprint density at radius 1 is 0.944 bits per heavy atom. The van der Waals surface area contributed by atoms with Crippen LogP contribution in [0.3, 0.4) is 0 Å². The third-order valence-corrected chi connectivity index (χ3v) is 6.22.